The molecule has 2 aromatic heterocycles. The highest BCUT2D eigenvalue weighted by Crippen LogP contribution is 2.19. The monoisotopic (exact) mass is 397 g/mol. The third kappa shape index (κ3) is 4.82. The molecule has 1 aliphatic heterocycles. The number of nitrogens with one attached hydrogen (secondary N) is 1. The van der Waals surface area contributed by atoms with E-state index in [-0.39, 0.29) is 12.0 Å². The summed E-state index contributed by atoms with van der Waals surface area (Å²) < 4.78 is 11.3. The topological polar surface area (TPSA) is 97.1 Å². The van der Waals surface area contributed by atoms with Gasteiger partial charge < -0.3 is 19.1 Å². The third-order valence-electron chi connectivity index (χ3n) is 5.10. The number of nitrogens with zero attached hydrogens (tertiary/aromatic N) is 4. The van der Waals surface area contributed by atoms with Crippen LogP contribution in [0.4, 0.5) is 0 Å². The molecule has 8 nitrogen and oxygen atoms in total. The molecule has 1 aliphatic rings. The van der Waals surface area contributed by atoms with Crippen molar-refractivity contribution in [2.75, 3.05) is 19.7 Å². The lowest BCUT2D eigenvalue weighted by Gasteiger charge is -2.32. The molecule has 1 aromatic carbocycles. The number of piperidine rings is 1. The van der Waals surface area contributed by atoms with E-state index >= 15 is 0 Å². The number of hydrogen-bond acceptors (Lipinski definition) is 6. The molecule has 8 heteroatoms. The summed E-state index contributed by atoms with van der Waals surface area (Å²) in [5.74, 6) is 1.88. The molecule has 0 spiro atoms. The van der Waals surface area contributed by atoms with Gasteiger partial charge in [0, 0.05) is 31.5 Å². The van der Waals surface area contributed by atoms with Gasteiger partial charge >= 0.3 is 0 Å². The molecular weight excluding hydrogens is 370 g/mol. The molecule has 1 saturated heterocycles. The number of benzene rings is 1. The standard InChI is InChI=1S/C21H27N5O3/c1-14(2)10-20-24-19(25-29-20)7-9-28-16-4-3-8-26(12-16)21(27)15-5-6-17-18(11-15)23-13-22-17/h5-6,11,13-14,16H,3-4,7-10,12H2,1-2H3,(H,22,23). The molecule has 154 valence electrons. The third-order valence-corrected chi connectivity index (χ3v) is 5.10. The zero-order valence-corrected chi connectivity index (χ0v) is 16.9. The van der Waals surface area contributed by atoms with E-state index in [1.807, 2.05) is 23.1 Å². The Morgan fingerprint density at radius 1 is 1.41 bits per heavy atom. The minimum absolute atomic E-state index is 0.0330. The van der Waals surface area contributed by atoms with Crippen molar-refractivity contribution in [3.05, 3.63) is 41.8 Å². The van der Waals surface area contributed by atoms with E-state index in [0.717, 1.165) is 36.8 Å². The van der Waals surface area contributed by atoms with Crippen LogP contribution in [0.5, 0.6) is 0 Å². The first-order valence-corrected chi connectivity index (χ1v) is 10.2. The molecule has 1 atom stereocenters. The molecule has 0 radical (unpaired) electrons. The number of H-pyrrole nitrogens is 1. The molecule has 1 amide bonds. The van der Waals surface area contributed by atoms with Gasteiger partial charge in [-0.05, 0) is 37.0 Å². The van der Waals surface area contributed by atoms with Crippen molar-refractivity contribution in [1.82, 2.24) is 25.0 Å². The highest BCUT2D eigenvalue weighted by atomic mass is 16.5. The van der Waals surface area contributed by atoms with Gasteiger partial charge in [0.25, 0.3) is 5.91 Å². The Morgan fingerprint density at radius 3 is 3.17 bits per heavy atom. The first kappa shape index (κ1) is 19.6. The Kier molecular flexibility index (Phi) is 5.89. The first-order chi connectivity index (χ1) is 14.1. The van der Waals surface area contributed by atoms with E-state index in [1.165, 1.54) is 0 Å². The minimum atomic E-state index is 0.0330. The number of likely N-dealkylation sites (tertiary alicyclic amines) is 1. The molecule has 0 aliphatic carbocycles. The number of ether oxygens (including phenoxy) is 1. The summed E-state index contributed by atoms with van der Waals surface area (Å²) in [7, 11) is 0. The summed E-state index contributed by atoms with van der Waals surface area (Å²) in [4.78, 5) is 26.4. The van der Waals surface area contributed by atoms with Crippen LogP contribution in [0.25, 0.3) is 11.0 Å². The van der Waals surface area contributed by atoms with Gasteiger partial charge in [-0.1, -0.05) is 19.0 Å². The normalized spacial score (nSPS) is 17.3. The molecule has 3 aromatic rings. The number of aromatic nitrogens is 4. The van der Waals surface area contributed by atoms with Gasteiger partial charge in [-0.25, -0.2) is 4.98 Å². The summed E-state index contributed by atoms with van der Waals surface area (Å²) in [6, 6.07) is 5.57. The maximum Gasteiger partial charge on any atom is 0.254 e. The Balaban J connectivity index is 1.28. The highest BCUT2D eigenvalue weighted by molar-refractivity contribution is 5.97. The molecule has 1 unspecified atom stereocenters. The summed E-state index contributed by atoms with van der Waals surface area (Å²) in [5, 5.41) is 4.02. The summed E-state index contributed by atoms with van der Waals surface area (Å²) in [6.07, 6.45) is 4.96. The highest BCUT2D eigenvalue weighted by Gasteiger charge is 2.25. The van der Waals surface area contributed by atoms with Crippen LogP contribution in [0, 0.1) is 5.92 Å². The second-order valence-electron chi connectivity index (χ2n) is 7.97. The molecule has 4 rings (SSSR count). The van der Waals surface area contributed by atoms with Crippen LogP contribution >= 0.6 is 0 Å². The van der Waals surface area contributed by atoms with Crippen molar-refractivity contribution in [3.63, 3.8) is 0 Å². The number of carbonyl (C=O) groups excluding carboxylic acids is 1. The molecule has 0 saturated carbocycles. The van der Waals surface area contributed by atoms with Gasteiger partial charge in [-0.2, -0.15) is 4.98 Å². The fourth-order valence-corrected chi connectivity index (χ4v) is 3.65. The van der Waals surface area contributed by atoms with Crippen LogP contribution in [0.3, 0.4) is 0 Å². The Hall–Kier alpha value is -2.74. The van der Waals surface area contributed by atoms with Gasteiger partial charge in [-0.15, -0.1) is 0 Å². The van der Waals surface area contributed by atoms with Crippen molar-refractivity contribution < 1.29 is 14.1 Å². The lowest BCUT2D eigenvalue weighted by Crippen LogP contribution is -2.43. The zero-order chi connectivity index (χ0) is 20.2. The molecule has 29 heavy (non-hydrogen) atoms. The molecule has 3 heterocycles. The largest absolute Gasteiger partial charge is 0.376 e. The van der Waals surface area contributed by atoms with E-state index in [1.54, 1.807) is 6.33 Å². The number of fused-ring (bicyclic) bond motifs is 1. The van der Waals surface area contributed by atoms with Gasteiger partial charge in [0.05, 0.1) is 30.1 Å². The predicted molar refractivity (Wildman–Crippen MR) is 108 cm³/mol. The average molecular weight is 397 g/mol. The number of hydrogen-bond donors (Lipinski definition) is 1. The summed E-state index contributed by atoms with van der Waals surface area (Å²) in [5.41, 5.74) is 2.41. The van der Waals surface area contributed by atoms with Crippen LogP contribution in [0.2, 0.25) is 0 Å². The zero-order valence-electron chi connectivity index (χ0n) is 16.9. The fourth-order valence-electron chi connectivity index (χ4n) is 3.65. The SMILES string of the molecule is CC(C)Cc1nc(CCOC2CCCN(C(=O)c3ccc4nc[nH]c4c3)C2)no1. The maximum absolute atomic E-state index is 12.9. The first-order valence-electron chi connectivity index (χ1n) is 10.2. The minimum Gasteiger partial charge on any atom is -0.376 e. The van der Waals surface area contributed by atoms with E-state index in [2.05, 4.69) is 34.0 Å². The van der Waals surface area contributed by atoms with Crippen LogP contribution < -0.4 is 0 Å². The number of carbonyl (C=O) groups is 1. The second kappa shape index (κ2) is 8.73. The van der Waals surface area contributed by atoms with Gasteiger partial charge in [0.15, 0.2) is 5.82 Å². The van der Waals surface area contributed by atoms with E-state index in [9.17, 15) is 4.79 Å². The number of rotatable bonds is 7. The fraction of sp³-hybridized carbons (Fsp3) is 0.524. The molecular formula is C21H27N5O3. The van der Waals surface area contributed by atoms with Gasteiger partial charge in [0.1, 0.15) is 0 Å². The van der Waals surface area contributed by atoms with E-state index in [0.29, 0.717) is 42.8 Å². The van der Waals surface area contributed by atoms with Crippen LogP contribution in [0.15, 0.2) is 29.0 Å². The van der Waals surface area contributed by atoms with E-state index < -0.39 is 0 Å². The van der Waals surface area contributed by atoms with Gasteiger partial charge in [-0.3, -0.25) is 4.79 Å². The molecule has 0 bridgehead atoms. The number of imidazole rings is 1. The van der Waals surface area contributed by atoms with Crippen LogP contribution in [-0.2, 0) is 17.6 Å². The summed E-state index contributed by atoms with van der Waals surface area (Å²) >= 11 is 0. The van der Waals surface area contributed by atoms with Gasteiger partial charge in [0.2, 0.25) is 5.89 Å². The van der Waals surface area contributed by atoms with Crippen molar-refractivity contribution >= 4 is 16.9 Å². The van der Waals surface area contributed by atoms with Crippen molar-refractivity contribution in [2.45, 2.75) is 45.6 Å². The Bertz CT molecular complexity index is 964. The number of aromatic amines is 1. The van der Waals surface area contributed by atoms with Crippen molar-refractivity contribution in [2.24, 2.45) is 5.92 Å². The lowest BCUT2D eigenvalue weighted by atomic mass is 10.1. The average Bonchev–Trinajstić information content (AvgIpc) is 3.36. The smallest absolute Gasteiger partial charge is 0.254 e. The second-order valence-corrected chi connectivity index (χ2v) is 7.97. The lowest BCUT2D eigenvalue weighted by molar-refractivity contribution is 0.00252. The quantitative estimate of drug-likeness (QED) is 0.658. The summed E-state index contributed by atoms with van der Waals surface area (Å²) in [6.45, 7) is 6.12. The predicted octanol–water partition coefficient (Wildman–Crippen LogP) is 3.01. The molecule has 1 N–H and O–H groups in total. The molecule has 1 fully saturated rings. The van der Waals surface area contributed by atoms with Crippen LogP contribution in [0.1, 0.15) is 48.8 Å². The van der Waals surface area contributed by atoms with Crippen LogP contribution in [-0.4, -0.2) is 56.7 Å². The maximum atomic E-state index is 12.9. The Morgan fingerprint density at radius 2 is 2.31 bits per heavy atom. The number of amides is 1. The van der Waals surface area contributed by atoms with E-state index in [4.69, 9.17) is 9.26 Å². The van der Waals surface area contributed by atoms with Crippen molar-refractivity contribution in [3.8, 4) is 0 Å². The van der Waals surface area contributed by atoms with Crippen molar-refractivity contribution in [1.29, 1.82) is 0 Å². The Labute approximate surface area is 169 Å².